The number of rotatable bonds is 4. The largest absolute Gasteiger partial charge is 0.447 e. The molecule has 0 radical (unpaired) electrons. The molecule has 1 saturated heterocycles. The van der Waals surface area contributed by atoms with Gasteiger partial charge in [0, 0.05) is 9.50 Å². The molecular formula is C25H18BrClFN3O3. The number of halogens is 3. The molecule has 2 aliphatic heterocycles. The number of ether oxygens (including phenoxy) is 1. The van der Waals surface area contributed by atoms with Crippen LogP contribution < -0.4 is 5.01 Å². The first-order valence-electron chi connectivity index (χ1n) is 10.6. The van der Waals surface area contributed by atoms with E-state index in [2.05, 4.69) is 15.9 Å². The molecule has 5 rings (SSSR count). The average molecular weight is 543 g/mol. The summed E-state index contributed by atoms with van der Waals surface area (Å²) >= 11 is 9.70. The summed E-state index contributed by atoms with van der Waals surface area (Å²) in [7, 11) is 0. The summed E-state index contributed by atoms with van der Waals surface area (Å²) in [6, 6.07) is 19.6. The van der Waals surface area contributed by atoms with Gasteiger partial charge in [0.05, 0.1) is 23.9 Å². The molecule has 0 unspecified atom stereocenters. The van der Waals surface area contributed by atoms with Crippen LogP contribution in [0.1, 0.15) is 17.0 Å². The van der Waals surface area contributed by atoms with Gasteiger partial charge in [-0.25, -0.2) is 14.1 Å². The van der Waals surface area contributed by atoms with Crippen LogP contribution in [0.2, 0.25) is 5.02 Å². The SMILES string of the molecule is O=C1OCCN1C(=O)[C@H]1[C@H](c2ccc(F)cc2)C(c2cccc(Cl)c2)=NN1c1ccc(Br)cc1. The molecule has 34 heavy (non-hydrogen) atoms. The zero-order valence-electron chi connectivity index (χ0n) is 17.7. The molecule has 0 aliphatic carbocycles. The van der Waals surface area contributed by atoms with Gasteiger partial charge < -0.3 is 4.74 Å². The number of cyclic esters (lactones) is 1. The third-order valence-electron chi connectivity index (χ3n) is 5.81. The van der Waals surface area contributed by atoms with Crippen LogP contribution in [-0.2, 0) is 9.53 Å². The van der Waals surface area contributed by atoms with Gasteiger partial charge in [-0.05, 0) is 59.7 Å². The molecule has 0 bridgehead atoms. The molecule has 0 N–H and O–H groups in total. The maximum atomic E-state index is 13.8. The van der Waals surface area contributed by atoms with Crippen LogP contribution in [0.5, 0.6) is 0 Å². The predicted octanol–water partition coefficient (Wildman–Crippen LogP) is 5.60. The molecule has 2 aliphatic rings. The number of carbonyl (C=O) groups is 2. The van der Waals surface area contributed by atoms with Crippen LogP contribution in [0.25, 0.3) is 0 Å². The van der Waals surface area contributed by atoms with Crippen LogP contribution in [0.15, 0.2) is 82.4 Å². The van der Waals surface area contributed by atoms with E-state index in [1.807, 2.05) is 30.3 Å². The number of imide groups is 1. The lowest BCUT2D eigenvalue weighted by atomic mass is 9.84. The van der Waals surface area contributed by atoms with Crippen LogP contribution in [0.4, 0.5) is 14.9 Å². The van der Waals surface area contributed by atoms with Crippen molar-refractivity contribution in [2.75, 3.05) is 18.2 Å². The van der Waals surface area contributed by atoms with Gasteiger partial charge in [-0.1, -0.05) is 51.8 Å². The zero-order chi connectivity index (χ0) is 23.8. The van der Waals surface area contributed by atoms with Crippen LogP contribution in [0, 0.1) is 5.82 Å². The van der Waals surface area contributed by atoms with Crippen molar-refractivity contribution >= 4 is 50.9 Å². The molecule has 2 amide bonds. The first-order chi connectivity index (χ1) is 16.4. The molecule has 1 fully saturated rings. The number of hydrogen-bond acceptors (Lipinski definition) is 5. The fourth-order valence-electron chi connectivity index (χ4n) is 4.24. The van der Waals surface area contributed by atoms with Crippen molar-refractivity contribution in [1.82, 2.24) is 4.90 Å². The van der Waals surface area contributed by atoms with Gasteiger partial charge in [0.1, 0.15) is 18.5 Å². The Bertz CT molecular complexity index is 1280. The van der Waals surface area contributed by atoms with Crippen LogP contribution in [-0.4, -0.2) is 41.8 Å². The van der Waals surface area contributed by atoms with Gasteiger partial charge in [-0.3, -0.25) is 9.80 Å². The van der Waals surface area contributed by atoms with Crippen molar-refractivity contribution < 1.29 is 18.7 Å². The van der Waals surface area contributed by atoms with E-state index in [0.717, 1.165) is 14.9 Å². The molecule has 0 saturated carbocycles. The summed E-state index contributed by atoms with van der Waals surface area (Å²) in [6.07, 6.45) is -0.685. The number of carbonyl (C=O) groups excluding carboxylic acids is 2. The van der Waals surface area contributed by atoms with Crippen LogP contribution in [0.3, 0.4) is 0 Å². The van der Waals surface area contributed by atoms with Gasteiger partial charge >= 0.3 is 6.09 Å². The van der Waals surface area contributed by atoms with E-state index in [-0.39, 0.29) is 13.2 Å². The van der Waals surface area contributed by atoms with Crippen molar-refractivity contribution in [1.29, 1.82) is 0 Å². The van der Waals surface area contributed by atoms with Crippen molar-refractivity contribution in [2.45, 2.75) is 12.0 Å². The molecule has 0 aromatic heterocycles. The highest BCUT2D eigenvalue weighted by Gasteiger charge is 2.48. The Kier molecular flexibility index (Phi) is 6.10. The van der Waals surface area contributed by atoms with Crippen molar-refractivity contribution in [3.8, 4) is 0 Å². The standard InChI is InChI=1S/C25H18BrClFN3O3/c26-17-6-10-20(11-7-17)31-23(24(32)30-12-13-34-25(30)33)21(15-4-8-19(28)9-5-15)22(29-31)16-2-1-3-18(27)14-16/h1-11,14,21,23H,12-13H2/t21-,23-/m1/s1. The number of nitrogens with zero attached hydrogens (tertiary/aromatic N) is 3. The molecule has 3 aromatic rings. The molecular weight excluding hydrogens is 525 g/mol. The van der Waals surface area contributed by atoms with E-state index < -0.39 is 29.8 Å². The molecule has 2 atom stereocenters. The van der Waals surface area contributed by atoms with Crippen molar-refractivity contribution in [2.24, 2.45) is 5.10 Å². The van der Waals surface area contributed by atoms with Gasteiger partial charge in [0.15, 0.2) is 0 Å². The second-order valence-electron chi connectivity index (χ2n) is 7.89. The number of hydrogen-bond donors (Lipinski definition) is 0. The Labute approximate surface area is 208 Å². The van der Waals surface area contributed by atoms with Gasteiger partial charge in [0.25, 0.3) is 5.91 Å². The topological polar surface area (TPSA) is 62.2 Å². The molecule has 172 valence electrons. The number of benzene rings is 3. The molecule has 0 spiro atoms. The summed E-state index contributed by atoms with van der Waals surface area (Å²) in [5.74, 6) is -1.43. The van der Waals surface area contributed by atoms with Gasteiger partial charge in [0.2, 0.25) is 0 Å². The summed E-state index contributed by atoms with van der Waals surface area (Å²) in [4.78, 5) is 27.2. The minimum atomic E-state index is -0.897. The third-order valence-corrected chi connectivity index (χ3v) is 6.57. The Balaban J connectivity index is 1.69. The quantitative estimate of drug-likeness (QED) is 0.431. The third kappa shape index (κ3) is 4.19. The smallest absolute Gasteiger partial charge is 0.416 e. The number of hydrazone groups is 1. The molecule has 2 heterocycles. The fourth-order valence-corrected chi connectivity index (χ4v) is 4.69. The monoisotopic (exact) mass is 541 g/mol. The first kappa shape index (κ1) is 22.6. The van der Waals surface area contributed by atoms with Gasteiger partial charge in [-0.15, -0.1) is 0 Å². The predicted molar refractivity (Wildman–Crippen MR) is 131 cm³/mol. The van der Waals surface area contributed by atoms with E-state index in [1.165, 1.54) is 12.1 Å². The first-order valence-corrected chi connectivity index (χ1v) is 11.7. The second-order valence-corrected chi connectivity index (χ2v) is 9.25. The lowest BCUT2D eigenvalue weighted by Gasteiger charge is -2.29. The average Bonchev–Trinajstić information content (AvgIpc) is 3.44. The Morgan fingerprint density at radius 3 is 2.47 bits per heavy atom. The Hall–Kier alpha value is -3.23. The minimum absolute atomic E-state index is 0.138. The Morgan fingerprint density at radius 1 is 1.09 bits per heavy atom. The number of anilines is 1. The summed E-state index contributed by atoms with van der Waals surface area (Å²) in [6.45, 7) is 0.295. The summed E-state index contributed by atoms with van der Waals surface area (Å²) < 4.78 is 19.7. The van der Waals surface area contributed by atoms with E-state index in [4.69, 9.17) is 21.4 Å². The van der Waals surface area contributed by atoms with Crippen LogP contribution >= 0.6 is 27.5 Å². The highest BCUT2D eigenvalue weighted by molar-refractivity contribution is 9.10. The van der Waals surface area contributed by atoms with E-state index >= 15 is 0 Å². The summed E-state index contributed by atoms with van der Waals surface area (Å²) in [5.41, 5.74) is 2.66. The normalized spacial score (nSPS) is 19.9. The molecule has 3 aromatic carbocycles. The lowest BCUT2D eigenvalue weighted by molar-refractivity contribution is -0.129. The van der Waals surface area contributed by atoms with Crippen molar-refractivity contribution in [3.05, 3.63) is 99.2 Å². The van der Waals surface area contributed by atoms with E-state index in [1.54, 1.807) is 35.3 Å². The van der Waals surface area contributed by atoms with E-state index in [0.29, 0.717) is 22.0 Å². The highest BCUT2D eigenvalue weighted by Crippen LogP contribution is 2.39. The van der Waals surface area contributed by atoms with Gasteiger partial charge in [-0.2, -0.15) is 5.10 Å². The maximum Gasteiger partial charge on any atom is 0.416 e. The fraction of sp³-hybridized carbons (Fsp3) is 0.160. The second kappa shape index (κ2) is 9.19. The molecule has 9 heteroatoms. The lowest BCUT2D eigenvalue weighted by Crippen LogP contribution is -2.48. The maximum absolute atomic E-state index is 13.8. The van der Waals surface area contributed by atoms with E-state index in [9.17, 15) is 14.0 Å². The molecule has 6 nitrogen and oxygen atoms in total. The Morgan fingerprint density at radius 2 is 1.82 bits per heavy atom. The zero-order valence-corrected chi connectivity index (χ0v) is 20.0. The highest BCUT2D eigenvalue weighted by atomic mass is 79.9. The number of amides is 2. The van der Waals surface area contributed by atoms with Crippen molar-refractivity contribution in [3.63, 3.8) is 0 Å². The minimum Gasteiger partial charge on any atom is -0.447 e. The summed E-state index contributed by atoms with van der Waals surface area (Å²) in [5, 5.41) is 7.00.